The fourth-order valence-electron chi connectivity index (χ4n) is 2.82. The van der Waals surface area contributed by atoms with Crippen molar-refractivity contribution >= 4 is 34.7 Å². The molecule has 3 rings (SSSR count). The van der Waals surface area contributed by atoms with E-state index in [0.29, 0.717) is 30.9 Å². The molecule has 0 heterocycles. The maximum absolute atomic E-state index is 12.0. The summed E-state index contributed by atoms with van der Waals surface area (Å²) in [4.78, 5) is 12.0. The topological polar surface area (TPSA) is 59.9 Å². The van der Waals surface area contributed by atoms with Crippen molar-refractivity contribution in [2.45, 2.75) is 19.4 Å². The van der Waals surface area contributed by atoms with Crippen LogP contribution < -0.4 is 14.9 Å². The third-order valence-corrected chi connectivity index (χ3v) is 5.17. The van der Waals surface area contributed by atoms with Crippen LogP contribution >= 0.6 is 22.6 Å². The van der Waals surface area contributed by atoms with Gasteiger partial charge in [0, 0.05) is 6.42 Å². The number of ether oxygens (including phenoxy) is 2. The van der Waals surface area contributed by atoms with Gasteiger partial charge in [-0.2, -0.15) is 5.10 Å². The number of carbonyl (C=O) groups is 1. The van der Waals surface area contributed by atoms with Crippen molar-refractivity contribution in [2.75, 3.05) is 7.11 Å². The Kier molecular flexibility index (Phi) is 8.26. The zero-order chi connectivity index (χ0) is 21.2. The summed E-state index contributed by atoms with van der Waals surface area (Å²) >= 11 is 2.21. The summed E-state index contributed by atoms with van der Waals surface area (Å²) in [7, 11) is 1.60. The third-order valence-electron chi connectivity index (χ3n) is 4.36. The van der Waals surface area contributed by atoms with Crippen LogP contribution in [0.5, 0.6) is 11.5 Å². The van der Waals surface area contributed by atoms with Crippen molar-refractivity contribution in [3.63, 3.8) is 0 Å². The summed E-state index contributed by atoms with van der Waals surface area (Å²) < 4.78 is 12.4. The van der Waals surface area contributed by atoms with Gasteiger partial charge in [0.1, 0.15) is 6.61 Å². The Hall–Kier alpha value is -2.87. The molecular formula is C24H23IN2O3. The quantitative estimate of drug-likeness (QED) is 0.250. The number of nitrogens with one attached hydrogen (secondary N) is 1. The summed E-state index contributed by atoms with van der Waals surface area (Å²) in [5.41, 5.74) is 5.60. The molecule has 0 unspecified atom stereocenters. The second-order valence-corrected chi connectivity index (χ2v) is 7.75. The van der Waals surface area contributed by atoms with E-state index in [9.17, 15) is 4.79 Å². The van der Waals surface area contributed by atoms with E-state index in [-0.39, 0.29) is 5.91 Å². The highest BCUT2D eigenvalue weighted by Gasteiger charge is 2.11. The highest BCUT2D eigenvalue weighted by molar-refractivity contribution is 14.1. The normalized spacial score (nSPS) is 10.7. The van der Waals surface area contributed by atoms with Gasteiger partial charge >= 0.3 is 0 Å². The molecule has 1 amide bonds. The highest BCUT2D eigenvalue weighted by atomic mass is 127. The zero-order valence-electron chi connectivity index (χ0n) is 16.7. The first-order valence-corrected chi connectivity index (χ1v) is 10.6. The molecular weight excluding hydrogens is 491 g/mol. The number of hydrogen-bond donors (Lipinski definition) is 1. The molecule has 0 atom stereocenters. The summed E-state index contributed by atoms with van der Waals surface area (Å²) in [6.45, 7) is 0.456. The molecule has 0 saturated carbocycles. The second-order valence-electron chi connectivity index (χ2n) is 6.59. The molecule has 154 valence electrons. The second kappa shape index (κ2) is 11.3. The summed E-state index contributed by atoms with van der Waals surface area (Å²) in [5.74, 6) is 1.18. The van der Waals surface area contributed by atoms with E-state index >= 15 is 0 Å². The predicted octanol–water partition coefficient (Wildman–Crippen LogP) is 4.96. The van der Waals surface area contributed by atoms with Crippen LogP contribution in [0.2, 0.25) is 0 Å². The number of rotatable bonds is 9. The average Bonchev–Trinajstić information content (AvgIpc) is 2.78. The van der Waals surface area contributed by atoms with E-state index in [2.05, 4.69) is 33.1 Å². The molecule has 3 aromatic carbocycles. The maximum Gasteiger partial charge on any atom is 0.240 e. The van der Waals surface area contributed by atoms with Crippen LogP contribution in [0.3, 0.4) is 0 Å². The van der Waals surface area contributed by atoms with E-state index in [0.717, 1.165) is 20.3 Å². The molecule has 6 heteroatoms. The number of amides is 1. The van der Waals surface area contributed by atoms with Crippen LogP contribution in [0.25, 0.3) is 0 Å². The highest BCUT2D eigenvalue weighted by Crippen LogP contribution is 2.34. The minimum Gasteiger partial charge on any atom is -0.493 e. The number of nitrogens with zero attached hydrogens (tertiary/aromatic N) is 1. The molecule has 0 aliphatic carbocycles. The van der Waals surface area contributed by atoms with Gasteiger partial charge in [-0.25, -0.2) is 5.43 Å². The molecule has 0 aliphatic rings. The van der Waals surface area contributed by atoms with Gasteiger partial charge in [-0.05, 0) is 57.8 Å². The van der Waals surface area contributed by atoms with E-state index in [1.165, 1.54) is 0 Å². The van der Waals surface area contributed by atoms with Gasteiger partial charge in [-0.1, -0.05) is 60.7 Å². The monoisotopic (exact) mass is 514 g/mol. The molecule has 0 fully saturated rings. The Morgan fingerprint density at radius 2 is 1.70 bits per heavy atom. The molecule has 3 aromatic rings. The van der Waals surface area contributed by atoms with Crippen molar-refractivity contribution in [1.29, 1.82) is 0 Å². The Balaban J connectivity index is 1.57. The van der Waals surface area contributed by atoms with Gasteiger partial charge < -0.3 is 9.47 Å². The molecule has 0 aliphatic heterocycles. The van der Waals surface area contributed by atoms with Crippen LogP contribution in [-0.4, -0.2) is 19.2 Å². The molecule has 5 nitrogen and oxygen atoms in total. The molecule has 0 radical (unpaired) electrons. The number of halogens is 1. The fourth-order valence-corrected chi connectivity index (χ4v) is 3.60. The first-order chi connectivity index (χ1) is 14.7. The number of hydrogen-bond acceptors (Lipinski definition) is 4. The first-order valence-electron chi connectivity index (χ1n) is 9.56. The van der Waals surface area contributed by atoms with Gasteiger partial charge in [0.2, 0.25) is 5.91 Å². The Morgan fingerprint density at radius 3 is 2.37 bits per heavy atom. The summed E-state index contributed by atoms with van der Waals surface area (Å²) in [6, 6.07) is 23.6. The van der Waals surface area contributed by atoms with Gasteiger partial charge in [0.25, 0.3) is 0 Å². The SMILES string of the molecule is COc1cc(/C=N\NC(=O)CCc2ccccc2)cc(I)c1OCc1ccccc1. The van der Waals surface area contributed by atoms with Gasteiger partial charge in [-0.15, -0.1) is 0 Å². The van der Waals surface area contributed by atoms with Crippen molar-refractivity contribution in [3.05, 3.63) is 93.1 Å². The first kappa shape index (κ1) is 21.8. The molecule has 0 saturated heterocycles. The van der Waals surface area contributed by atoms with E-state index in [1.54, 1.807) is 13.3 Å². The van der Waals surface area contributed by atoms with Crippen molar-refractivity contribution in [2.24, 2.45) is 5.10 Å². The molecule has 0 spiro atoms. The minimum absolute atomic E-state index is 0.125. The molecule has 0 bridgehead atoms. The lowest BCUT2D eigenvalue weighted by Gasteiger charge is -2.13. The predicted molar refractivity (Wildman–Crippen MR) is 127 cm³/mol. The number of methoxy groups -OCH3 is 1. The lowest BCUT2D eigenvalue weighted by atomic mass is 10.1. The lowest BCUT2D eigenvalue weighted by Crippen LogP contribution is -2.17. The van der Waals surface area contributed by atoms with Crippen LogP contribution in [0.1, 0.15) is 23.1 Å². The Labute approximate surface area is 190 Å². The van der Waals surface area contributed by atoms with Gasteiger partial charge in [0.15, 0.2) is 11.5 Å². The van der Waals surface area contributed by atoms with Gasteiger partial charge in [0.05, 0.1) is 16.9 Å². The average molecular weight is 514 g/mol. The minimum atomic E-state index is -0.125. The lowest BCUT2D eigenvalue weighted by molar-refractivity contribution is -0.121. The van der Waals surface area contributed by atoms with Crippen LogP contribution in [0.4, 0.5) is 0 Å². The zero-order valence-corrected chi connectivity index (χ0v) is 18.8. The largest absolute Gasteiger partial charge is 0.493 e. The number of carbonyl (C=O) groups excluding carboxylic acids is 1. The van der Waals surface area contributed by atoms with E-state index in [4.69, 9.17) is 9.47 Å². The van der Waals surface area contributed by atoms with Gasteiger partial charge in [-0.3, -0.25) is 4.79 Å². The van der Waals surface area contributed by atoms with E-state index < -0.39 is 0 Å². The maximum atomic E-state index is 12.0. The number of aryl methyl sites for hydroxylation is 1. The molecule has 1 N–H and O–H groups in total. The smallest absolute Gasteiger partial charge is 0.240 e. The van der Waals surface area contributed by atoms with Crippen molar-refractivity contribution < 1.29 is 14.3 Å². The van der Waals surface area contributed by atoms with Crippen LogP contribution in [0, 0.1) is 3.57 Å². The van der Waals surface area contributed by atoms with E-state index in [1.807, 2.05) is 72.8 Å². The molecule has 0 aromatic heterocycles. The summed E-state index contributed by atoms with van der Waals surface area (Å²) in [6.07, 6.45) is 2.67. The number of benzene rings is 3. The van der Waals surface area contributed by atoms with Crippen LogP contribution in [-0.2, 0) is 17.8 Å². The van der Waals surface area contributed by atoms with Crippen LogP contribution in [0.15, 0.2) is 77.9 Å². The Morgan fingerprint density at radius 1 is 1.03 bits per heavy atom. The Bertz CT molecular complexity index is 992. The van der Waals surface area contributed by atoms with Crippen molar-refractivity contribution in [1.82, 2.24) is 5.43 Å². The van der Waals surface area contributed by atoms with Crippen molar-refractivity contribution in [3.8, 4) is 11.5 Å². The third kappa shape index (κ3) is 6.59. The fraction of sp³-hybridized carbons (Fsp3) is 0.167. The standard InChI is InChI=1S/C24H23IN2O3/c1-29-22-15-20(14-21(25)24(22)30-17-19-10-6-3-7-11-19)16-26-27-23(28)13-12-18-8-4-2-5-9-18/h2-11,14-16H,12-13,17H2,1H3,(H,27,28)/b26-16-. The number of hydrazone groups is 1. The molecule has 30 heavy (non-hydrogen) atoms. The summed E-state index contributed by atoms with van der Waals surface area (Å²) in [5, 5.41) is 4.07.